The van der Waals surface area contributed by atoms with Gasteiger partial charge in [0.1, 0.15) is 5.78 Å². The highest BCUT2D eigenvalue weighted by Crippen LogP contribution is 2.29. The minimum atomic E-state index is -3.46. The molecule has 4 nitrogen and oxygen atoms in total. The van der Waals surface area contributed by atoms with E-state index in [0.717, 1.165) is 19.3 Å². The van der Waals surface area contributed by atoms with E-state index in [2.05, 4.69) is 0 Å². The van der Waals surface area contributed by atoms with Crippen molar-refractivity contribution in [2.24, 2.45) is 0 Å². The molecule has 0 N–H and O–H groups in total. The Kier molecular flexibility index (Phi) is 3.88. The minimum absolute atomic E-state index is 0.0547. The Hall–Kier alpha value is -1.20. The van der Waals surface area contributed by atoms with Crippen molar-refractivity contribution in [2.75, 3.05) is 7.05 Å². The summed E-state index contributed by atoms with van der Waals surface area (Å²) in [7, 11) is -1.81. The number of aryl methyl sites for hydroxylation is 2. The molecule has 0 heterocycles. The lowest BCUT2D eigenvalue weighted by molar-refractivity contribution is -0.120. The summed E-state index contributed by atoms with van der Waals surface area (Å²) in [6.07, 6.45) is 5.40. The molecule has 2 aliphatic rings. The lowest BCUT2D eigenvalue weighted by Crippen LogP contribution is -2.39. The first kappa shape index (κ1) is 14.7. The van der Waals surface area contributed by atoms with E-state index in [4.69, 9.17) is 0 Å². The zero-order valence-corrected chi connectivity index (χ0v) is 13.2. The van der Waals surface area contributed by atoms with Gasteiger partial charge >= 0.3 is 0 Å². The Morgan fingerprint density at radius 1 is 1.05 bits per heavy atom. The maximum absolute atomic E-state index is 12.8. The number of rotatable bonds is 3. The number of nitrogens with zero attached hydrogens (tertiary/aromatic N) is 1. The molecule has 21 heavy (non-hydrogen) atoms. The van der Waals surface area contributed by atoms with E-state index in [1.54, 1.807) is 13.1 Å². The molecule has 0 amide bonds. The van der Waals surface area contributed by atoms with Gasteiger partial charge in [-0.1, -0.05) is 6.07 Å². The van der Waals surface area contributed by atoms with Crippen LogP contribution < -0.4 is 0 Å². The smallest absolute Gasteiger partial charge is 0.243 e. The first-order valence-electron chi connectivity index (χ1n) is 7.60. The van der Waals surface area contributed by atoms with E-state index < -0.39 is 10.0 Å². The summed E-state index contributed by atoms with van der Waals surface area (Å²) in [5, 5.41) is 0. The van der Waals surface area contributed by atoms with Crippen molar-refractivity contribution in [3.63, 3.8) is 0 Å². The van der Waals surface area contributed by atoms with Gasteiger partial charge in [0.2, 0.25) is 10.0 Å². The normalized spacial score (nSPS) is 20.0. The summed E-state index contributed by atoms with van der Waals surface area (Å²) in [5.41, 5.74) is 2.45. The number of hydrogen-bond acceptors (Lipinski definition) is 3. The zero-order valence-electron chi connectivity index (χ0n) is 12.3. The van der Waals surface area contributed by atoms with Crippen molar-refractivity contribution in [1.29, 1.82) is 0 Å². The summed E-state index contributed by atoms with van der Waals surface area (Å²) < 4.78 is 27.0. The van der Waals surface area contributed by atoms with Gasteiger partial charge in [0.25, 0.3) is 0 Å². The van der Waals surface area contributed by atoms with Gasteiger partial charge in [0, 0.05) is 25.9 Å². The predicted octanol–water partition coefficient (Wildman–Crippen LogP) is 2.31. The predicted molar refractivity (Wildman–Crippen MR) is 80.7 cm³/mol. The van der Waals surface area contributed by atoms with Crippen LogP contribution in [0.1, 0.15) is 43.2 Å². The molecule has 3 rings (SSSR count). The molecule has 0 unspecified atom stereocenters. The number of fused-ring (bicyclic) bond motifs is 1. The summed E-state index contributed by atoms with van der Waals surface area (Å²) in [6, 6.07) is 5.46. The Labute approximate surface area is 126 Å². The lowest BCUT2D eigenvalue weighted by Gasteiger charge is -2.30. The molecule has 1 saturated carbocycles. The van der Waals surface area contributed by atoms with Crippen molar-refractivity contribution in [1.82, 2.24) is 4.31 Å². The number of benzene rings is 1. The molecular weight excluding hydrogens is 286 g/mol. The zero-order chi connectivity index (χ0) is 15.0. The Morgan fingerprint density at radius 3 is 2.43 bits per heavy atom. The quantitative estimate of drug-likeness (QED) is 0.861. The van der Waals surface area contributed by atoms with E-state index in [9.17, 15) is 13.2 Å². The third-order valence-corrected chi connectivity index (χ3v) is 6.68. The second-order valence-corrected chi connectivity index (χ2v) is 8.07. The third-order valence-electron chi connectivity index (χ3n) is 4.77. The lowest BCUT2D eigenvalue weighted by atomic mass is 9.95. The number of carbonyl (C=O) groups excluding carboxylic acids is 1. The van der Waals surface area contributed by atoms with Crippen LogP contribution in [0, 0.1) is 0 Å². The first-order valence-corrected chi connectivity index (χ1v) is 9.04. The maximum Gasteiger partial charge on any atom is 0.243 e. The number of Topliss-reactive ketones (excluding diaryl/α,β-unsaturated/α-hetero) is 1. The Balaban J connectivity index is 1.84. The molecule has 1 aromatic carbocycles. The van der Waals surface area contributed by atoms with Crippen LogP contribution >= 0.6 is 0 Å². The van der Waals surface area contributed by atoms with Crippen molar-refractivity contribution >= 4 is 15.8 Å². The molecular formula is C16H21NO3S. The van der Waals surface area contributed by atoms with Crippen LogP contribution in [0.25, 0.3) is 0 Å². The van der Waals surface area contributed by atoms with E-state index in [0.29, 0.717) is 30.6 Å². The van der Waals surface area contributed by atoms with Crippen LogP contribution in [0.3, 0.4) is 0 Å². The van der Waals surface area contributed by atoms with E-state index in [1.165, 1.54) is 15.4 Å². The molecule has 5 heteroatoms. The molecule has 0 aromatic heterocycles. The fourth-order valence-electron chi connectivity index (χ4n) is 3.36. The highest BCUT2D eigenvalue weighted by molar-refractivity contribution is 7.89. The summed E-state index contributed by atoms with van der Waals surface area (Å²) in [5.74, 6) is 0.245. The summed E-state index contributed by atoms with van der Waals surface area (Å²) >= 11 is 0. The standard InChI is InChI=1S/C16H21NO3S/c1-17(14-6-8-15(18)9-7-14)21(19,20)16-10-5-12-3-2-4-13(12)11-16/h5,10-11,14H,2-4,6-9H2,1H3. The fraction of sp³-hybridized carbons (Fsp3) is 0.562. The molecule has 114 valence electrons. The van der Waals surface area contributed by atoms with Gasteiger partial charge in [-0.2, -0.15) is 4.31 Å². The Morgan fingerprint density at radius 2 is 1.71 bits per heavy atom. The van der Waals surface area contributed by atoms with E-state index in [1.807, 2.05) is 12.1 Å². The number of carbonyl (C=O) groups is 1. The first-order chi connectivity index (χ1) is 9.98. The molecule has 0 aliphatic heterocycles. The molecule has 0 radical (unpaired) electrons. The fourth-order valence-corrected chi connectivity index (χ4v) is 4.83. The molecule has 0 spiro atoms. The molecule has 0 saturated heterocycles. The number of sulfonamides is 1. The number of hydrogen-bond donors (Lipinski definition) is 0. The van der Waals surface area contributed by atoms with E-state index >= 15 is 0 Å². The molecule has 1 aromatic rings. The van der Waals surface area contributed by atoms with Crippen LogP contribution in [0.15, 0.2) is 23.1 Å². The van der Waals surface area contributed by atoms with Crippen molar-refractivity contribution in [3.05, 3.63) is 29.3 Å². The van der Waals surface area contributed by atoms with E-state index in [-0.39, 0.29) is 11.8 Å². The van der Waals surface area contributed by atoms with Crippen molar-refractivity contribution in [2.45, 2.75) is 55.9 Å². The van der Waals surface area contributed by atoms with Crippen LogP contribution in [0.2, 0.25) is 0 Å². The largest absolute Gasteiger partial charge is 0.300 e. The van der Waals surface area contributed by atoms with Gasteiger partial charge < -0.3 is 0 Å². The topological polar surface area (TPSA) is 54.5 Å². The van der Waals surface area contributed by atoms with Gasteiger partial charge in [-0.15, -0.1) is 0 Å². The van der Waals surface area contributed by atoms with Gasteiger partial charge in [0.05, 0.1) is 4.90 Å². The average molecular weight is 307 g/mol. The SMILES string of the molecule is CN(C1CCC(=O)CC1)S(=O)(=O)c1ccc2c(c1)CCC2. The van der Waals surface area contributed by atoms with Gasteiger partial charge in [0.15, 0.2) is 0 Å². The maximum atomic E-state index is 12.8. The second-order valence-electron chi connectivity index (χ2n) is 6.08. The van der Waals surface area contributed by atoms with Gasteiger partial charge in [-0.05, 0) is 55.4 Å². The second kappa shape index (κ2) is 5.54. The van der Waals surface area contributed by atoms with Crippen molar-refractivity contribution < 1.29 is 13.2 Å². The summed E-state index contributed by atoms with van der Waals surface area (Å²) in [4.78, 5) is 11.7. The molecule has 0 bridgehead atoms. The van der Waals surface area contributed by atoms with Crippen LogP contribution in [-0.4, -0.2) is 31.6 Å². The average Bonchev–Trinajstić information content (AvgIpc) is 2.94. The minimum Gasteiger partial charge on any atom is -0.300 e. The highest BCUT2D eigenvalue weighted by Gasteiger charge is 2.31. The van der Waals surface area contributed by atoms with Gasteiger partial charge in [-0.25, -0.2) is 8.42 Å². The summed E-state index contributed by atoms with van der Waals surface area (Å²) in [6.45, 7) is 0. The third kappa shape index (κ3) is 2.77. The van der Waals surface area contributed by atoms with Crippen molar-refractivity contribution in [3.8, 4) is 0 Å². The monoisotopic (exact) mass is 307 g/mol. The molecule has 0 atom stereocenters. The highest BCUT2D eigenvalue weighted by atomic mass is 32.2. The van der Waals surface area contributed by atoms with Crippen LogP contribution in [0.4, 0.5) is 0 Å². The van der Waals surface area contributed by atoms with Gasteiger partial charge in [-0.3, -0.25) is 4.79 Å². The molecule has 2 aliphatic carbocycles. The Bertz CT molecular complexity index is 656. The van der Waals surface area contributed by atoms with Crippen LogP contribution in [-0.2, 0) is 27.7 Å². The molecule has 1 fully saturated rings. The van der Waals surface area contributed by atoms with Crippen LogP contribution in [0.5, 0.6) is 0 Å². The number of ketones is 1.